The Bertz CT molecular complexity index is 1660. The molecule has 0 bridgehead atoms. The van der Waals surface area contributed by atoms with E-state index in [1.54, 1.807) is 6.08 Å². The number of anilines is 2. The Labute approximate surface area is 274 Å². The summed E-state index contributed by atoms with van der Waals surface area (Å²) in [6.07, 6.45) is 3.64. The number of halogens is 2. The molecular weight excluding hydrogens is 576 g/mol. The highest BCUT2D eigenvalue weighted by atomic mass is 19.1. The molecule has 0 fully saturated rings. The Morgan fingerprint density at radius 3 is 2.11 bits per heavy atom. The Kier molecular flexibility index (Phi) is 12.4. The largest absolute Gasteiger partial charge is 0.359 e. The normalized spacial score (nSPS) is 13.1. The number of nitrogens with one attached hydrogen (secondary N) is 1. The van der Waals surface area contributed by atoms with Crippen LogP contribution in [0.2, 0.25) is 0 Å². The van der Waals surface area contributed by atoms with Crippen molar-refractivity contribution in [3.63, 3.8) is 0 Å². The Morgan fingerprint density at radius 1 is 0.870 bits per heavy atom. The van der Waals surface area contributed by atoms with Gasteiger partial charge in [-0.1, -0.05) is 69.5 Å². The number of rotatable bonds is 11. The molecule has 242 valence electrons. The van der Waals surface area contributed by atoms with Gasteiger partial charge >= 0.3 is 0 Å². The maximum atomic E-state index is 15.1. The third-order valence-electron chi connectivity index (χ3n) is 7.62. The highest BCUT2D eigenvalue weighted by molar-refractivity contribution is 6.17. The van der Waals surface area contributed by atoms with Gasteiger partial charge in [0.1, 0.15) is 23.1 Å². The standard InChI is InChI=1S/C37H41F2N5.C2H6/c1-24-13-18-31(19-14-24)40-27(4)30-17-15-25(2)33(23-30)36(41-29(6)43(9)22-21-42(7)8)32-20-16-26(3)44(28(32)5)37-34(38)11-10-12-35(37)39;1-2/h10-20,23,40H,3-4,6,21-22H2,1-2,5,7-9H3;1-2H3/b41-36+;. The Morgan fingerprint density at radius 2 is 1.50 bits per heavy atom. The molecule has 1 heterocycles. The van der Waals surface area contributed by atoms with E-state index in [1.807, 2.05) is 109 Å². The van der Waals surface area contributed by atoms with E-state index in [9.17, 15) is 0 Å². The minimum absolute atomic E-state index is 0.181. The van der Waals surface area contributed by atoms with Gasteiger partial charge in [-0.05, 0) is 88.5 Å². The van der Waals surface area contributed by atoms with Crippen molar-refractivity contribution in [2.45, 2.75) is 34.6 Å². The van der Waals surface area contributed by atoms with E-state index in [0.29, 0.717) is 28.5 Å². The van der Waals surface area contributed by atoms with Gasteiger partial charge in [0.2, 0.25) is 0 Å². The highest BCUT2D eigenvalue weighted by Crippen LogP contribution is 2.36. The number of aryl methyl sites for hydroxylation is 2. The summed E-state index contributed by atoms with van der Waals surface area (Å²) in [4.78, 5) is 10.7. The van der Waals surface area contributed by atoms with Crippen LogP contribution in [0.3, 0.4) is 0 Å². The van der Waals surface area contributed by atoms with Gasteiger partial charge in [-0.25, -0.2) is 13.8 Å². The first-order valence-corrected chi connectivity index (χ1v) is 15.5. The predicted octanol–water partition coefficient (Wildman–Crippen LogP) is 9.31. The van der Waals surface area contributed by atoms with Crippen molar-refractivity contribution in [3.05, 3.63) is 149 Å². The monoisotopic (exact) mass is 623 g/mol. The van der Waals surface area contributed by atoms with Gasteiger partial charge in [-0.3, -0.25) is 0 Å². The first kappa shape index (κ1) is 35.7. The third-order valence-corrected chi connectivity index (χ3v) is 7.62. The van der Waals surface area contributed by atoms with Crippen LogP contribution in [0, 0.1) is 25.5 Å². The summed E-state index contributed by atoms with van der Waals surface area (Å²) in [6.45, 7) is 24.1. The second-order valence-corrected chi connectivity index (χ2v) is 11.3. The average Bonchev–Trinajstić information content (AvgIpc) is 3.02. The molecule has 0 saturated heterocycles. The number of nitrogens with zero attached hydrogens (tertiary/aromatic N) is 4. The van der Waals surface area contributed by atoms with Gasteiger partial charge in [0.15, 0.2) is 0 Å². The van der Waals surface area contributed by atoms with Crippen LogP contribution in [0.4, 0.5) is 20.2 Å². The van der Waals surface area contributed by atoms with Crippen molar-refractivity contribution in [3.8, 4) is 0 Å². The van der Waals surface area contributed by atoms with Crippen LogP contribution < -0.4 is 10.2 Å². The highest BCUT2D eigenvalue weighted by Gasteiger charge is 2.27. The van der Waals surface area contributed by atoms with Crippen molar-refractivity contribution in [2.24, 2.45) is 4.99 Å². The molecule has 3 aromatic carbocycles. The zero-order valence-electron chi connectivity index (χ0n) is 28.5. The van der Waals surface area contributed by atoms with Crippen LogP contribution in [0.1, 0.15) is 43.0 Å². The molecule has 0 aromatic heterocycles. The van der Waals surface area contributed by atoms with E-state index < -0.39 is 11.6 Å². The van der Waals surface area contributed by atoms with Crippen LogP contribution >= 0.6 is 0 Å². The molecule has 0 saturated carbocycles. The molecule has 4 rings (SSSR count). The summed E-state index contributed by atoms with van der Waals surface area (Å²) >= 11 is 0. The lowest BCUT2D eigenvalue weighted by Crippen LogP contribution is -2.29. The number of hydrogen-bond donors (Lipinski definition) is 1. The average molecular weight is 624 g/mol. The van der Waals surface area contributed by atoms with Crippen molar-refractivity contribution in [1.82, 2.24) is 9.80 Å². The predicted molar refractivity (Wildman–Crippen MR) is 193 cm³/mol. The molecule has 0 amide bonds. The van der Waals surface area contributed by atoms with Crippen LogP contribution in [0.15, 0.2) is 120 Å². The van der Waals surface area contributed by atoms with E-state index in [4.69, 9.17) is 4.99 Å². The fourth-order valence-corrected chi connectivity index (χ4v) is 4.88. The lowest BCUT2D eigenvalue weighted by atomic mass is 9.92. The van der Waals surface area contributed by atoms with Crippen LogP contribution in [0.5, 0.6) is 0 Å². The van der Waals surface area contributed by atoms with Crippen molar-refractivity contribution >= 4 is 22.8 Å². The second kappa shape index (κ2) is 16.0. The van der Waals surface area contributed by atoms with Gasteiger partial charge in [-0.15, -0.1) is 0 Å². The Balaban J connectivity index is 0.00000282. The minimum atomic E-state index is -0.678. The molecular formula is C39H47F2N5. The number of para-hydroxylation sites is 1. The molecule has 1 aliphatic rings. The molecule has 1 N–H and O–H groups in total. The zero-order valence-corrected chi connectivity index (χ0v) is 28.5. The minimum Gasteiger partial charge on any atom is -0.359 e. The van der Waals surface area contributed by atoms with Crippen LogP contribution in [-0.2, 0) is 0 Å². The summed E-state index contributed by atoms with van der Waals surface area (Å²) in [7, 11) is 5.98. The molecule has 0 spiro atoms. The van der Waals surface area contributed by atoms with Crippen molar-refractivity contribution in [2.75, 3.05) is 44.4 Å². The van der Waals surface area contributed by atoms with Gasteiger partial charge in [-0.2, -0.15) is 0 Å². The quantitative estimate of drug-likeness (QED) is 0.216. The molecule has 0 aliphatic carbocycles. The fraction of sp³-hybridized carbons (Fsp3) is 0.256. The summed E-state index contributed by atoms with van der Waals surface area (Å²) < 4.78 is 30.1. The second-order valence-electron chi connectivity index (χ2n) is 11.3. The molecule has 0 atom stereocenters. The smallest absolute Gasteiger partial charge is 0.150 e. The molecule has 46 heavy (non-hydrogen) atoms. The molecule has 7 heteroatoms. The number of likely N-dealkylation sites (N-methyl/N-ethyl adjacent to an activating group) is 2. The molecule has 3 aromatic rings. The van der Waals surface area contributed by atoms with Crippen molar-refractivity contribution < 1.29 is 8.78 Å². The maximum absolute atomic E-state index is 15.1. The SMILES string of the molecule is C=C(Nc1ccc(C)cc1)c1ccc(C)c(/C(=N/C(=C)N(C)CCN(C)C)C2=C(C)N(c3c(F)cccc3F)C(=C)C=C2)c1.CC. The van der Waals surface area contributed by atoms with E-state index in [-0.39, 0.29) is 5.69 Å². The van der Waals surface area contributed by atoms with Gasteiger partial charge in [0.25, 0.3) is 0 Å². The van der Waals surface area contributed by atoms with Crippen LogP contribution in [0.25, 0.3) is 5.70 Å². The number of benzene rings is 3. The molecule has 0 radical (unpaired) electrons. The molecule has 0 unspecified atom stereocenters. The van der Waals surface area contributed by atoms with Crippen LogP contribution in [-0.4, -0.2) is 49.7 Å². The van der Waals surface area contributed by atoms with Gasteiger partial charge in [0, 0.05) is 54.1 Å². The summed E-state index contributed by atoms with van der Waals surface area (Å²) in [5.74, 6) is -0.795. The van der Waals surface area contributed by atoms with Gasteiger partial charge < -0.3 is 20.0 Å². The first-order chi connectivity index (χ1) is 21.9. The Hall–Kier alpha value is -4.75. The summed E-state index contributed by atoms with van der Waals surface area (Å²) in [6, 6.07) is 18.0. The number of aliphatic imine (C=N–C) groups is 1. The maximum Gasteiger partial charge on any atom is 0.150 e. The van der Waals surface area contributed by atoms with Crippen molar-refractivity contribution in [1.29, 1.82) is 0 Å². The third kappa shape index (κ3) is 8.49. The van der Waals surface area contributed by atoms with E-state index >= 15 is 8.78 Å². The lowest BCUT2D eigenvalue weighted by Gasteiger charge is -2.32. The fourth-order valence-electron chi connectivity index (χ4n) is 4.88. The topological polar surface area (TPSA) is 34.1 Å². The summed E-state index contributed by atoms with van der Waals surface area (Å²) in [5, 5.41) is 3.40. The number of allylic oxidation sites excluding steroid dienone is 4. The lowest BCUT2D eigenvalue weighted by molar-refractivity contribution is 0.325. The van der Waals surface area contributed by atoms with E-state index in [2.05, 4.69) is 30.0 Å². The molecule has 1 aliphatic heterocycles. The number of hydrogen-bond acceptors (Lipinski definition) is 5. The first-order valence-electron chi connectivity index (χ1n) is 15.5. The zero-order chi connectivity index (χ0) is 34.1. The van der Waals surface area contributed by atoms with Gasteiger partial charge in [0.05, 0.1) is 5.71 Å². The van der Waals surface area contributed by atoms with E-state index in [1.165, 1.54) is 28.7 Å². The summed E-state index contributed by atoms with van der Waals surface area (Å²) in [5.41, 5.74) is 7.70. The van der Waals surface area contributed by atoms with E-state index in [0.717, 1.165) is 41.2 Å². The molecule has 5 nitrogen and oxygen atoms in total.